The van der Waals surface area contributed by atoms with Crippen molar-refractivity contribution in [1.29, 1.82) is 0 Å². The van der Waals surface area contributed by atoms with Gasteiger partial charge in [-0.05, 0) is 30.3 Å². The first-order valence-corrected chi connectivity index (χ1v) is 10.9. The minimum atomic E-state index is -3.73. The number of amides is 1. The van der Waals surface area contributed by atoms with Crippen LogP contribution < -0.4 is 11.1 Å². The number of rotatable bonds is 5. The number of halogens is 1. The van der Waals surface area contributed by atoms with Gasteiger partial charge in [0.15, 0.2) is 5.58 Å². The fraction of sp³-hybridized carbons (Fsp3) is 0.263. The molecule has 3 aromatic rings. The normalized spacial score (nSPS) is 15.4. The first kappa shape index (κ1) is 20.6. The van der Waals surface area contributed by atoms with Crippen LogP contribution in [-0.4, -0.2) is 49.5 Å². The topological polar surface area (TPSA) is 111 Å². The second-order valence-corrected chi connectivity index (χ2v) is 9.03. The molecule has 0 atom stereocenters. The van der Waals surface area contributed by atoms with E-state index in [9.17, 15) is 18.0 Å². The Morgan fingerprint density at radius 3 is 2.63 bits per heavy atom. The van der Waals surface area contributed by atoms with Crippen LogP contribution in [0.25, 0.3) is 11.1 Å². The molecule has 1 aromatic heterocycles. The number of nitrogens with one attached hydrogen (secondary N) is 1. The molecule has 0 saturated carbocycles. The fourth-order valence-corrected chi connectivity index (χ4v) is 4.82. The maximum Gasteiger partial charge on any atom is 0.420 e. The Labute approximate surface area is 176 Å². The summed E-state index contributed by atoms with van der Waals surface area (Å²) in [5.41, 5.74) is 0.902. The predicted molar refractivity (Wildman–Crippen MR) is 110 cm³/mol. The third-order valence-corrected chi connectivity index (χ3v) is 6.79. The van der Waals surface area contributed by atoms with Crippen LogP contribution in [0.4, 0.5) is 5.69 Å². The summed E-state index contributed by atoms with van der Waals surface area (Å²) in [4.78, 5) is 24.6. The van der Waals surface area contributed by atoms with E-state index in [0.29, 0.717) is 29.4 Å². The lowest BCUT2D eigenvalue weighted by Gasteiger charge is -2.25. The number of ether oxygens (including phenoxy) is 1. The standard InChI is InChI=1S/C19H18ClN3O6S/c20-13-2-1-3-14(10-13)21-18(24)12-23-16-5-4-15(11-17(16)29-19(23)25)30(26,27)22-6-8-28-9-7-22/h1-5,10-11H,6-9,12H2,(H,21,24). The highest BCUT2D eigenvalue weighted by molar-refractivity contribution is 7.89. The Morgan fingerprint density at radius 2 is 1.90 bits per heavy atom. The van der Waals surface area contributed by atoms with Crippen LogP contribution in [0, 0.1) is 0 Å². The summed E-state index contributed by atoms with van der Waals surface area (Å²) in [5.74, 6) is -1.21. The zero-order chi connectivity index (χ0) is 21.3. The molecule has 1 amide bonds. The minimum absolute atomic E-state index is 0.0150. The number of hydrogen-bond acceptors (Lipinski definition) is 6. The van der Waals surface area contributed by atoms with Crippen molar-refractivity contribution in [2.45, 2.75) is 11.4 Å². The van der Waals surface area contributed by atoms with E-state index < -0.39 is 21.7 Å². The van der Waals surface area contributed by atoms with Crippen LogP contribution >= 0.6 is 11.6 Å². The van der Waals surface area contributed by atoms with Gasteiger partial charge in [0.2, 0.25) is 15.9 Å². The highest BCUT2D eigenvalue weighted by Gasteiger charge is 2.27. The zero-order valence-electron chi connectivity index (χ0n) is 15.7. The Hall–Kier alpha value is -2.66. The first-order chi connectivity index (χ1) is 14.3. The summed E-state index contributed by atoms with van der Waals surface area (Å²) >= 11 is 5.90. The van der Waals surface area contributed by atoms with Crippen molar-refractivity contribution in [1.82, 2.24) is 8.87 Å². The second-order valence-electron chi connectivity index (χ2n) is 6.66. The predicted octanol–water partition coefficient (Wildman–Crippen LogP) is 1.91. The lowest BCUT2D eigenvalue weighted by Crippen LogP contribution is -2.40. The zero-order valence-corrected chi connectivity index (χ0v) is 17.3. The molecule has 158 valence electrons. The number of morpholine rings is 1. The smallest absolute Gasteiger partial charge is 0.408 e. The molecule has 0 bridgehead atoms. The van der Waals surface area contributed by atoms with Gasteiger partial charge in [-0.2, -0.15) is 4.31 Å². The van der Waals surface area contributed by atoms with E-state index in [0.717, 1.165) is 4.57 Å². The molecule has 2 aromatic carbocycles. The maximum atomic E-state index is 12.8. The van der Waals surface area contributed by atoms with Gasteiger partial charge in [0.1, 0.15) is 6.54 Å². The number of hydrogen-bond donors (Lipinski definition) is 1. The van der Waals surface area contributed by atoms with Gasteiger partial charge < -0.3 is 14.5 Å². The molecule has 0 spiro atoms. The molecule has 30 heavy (non-hydrogen) atoms. The molecule has 1 saturated heterocycles. The summed E-state index contributed by atoms with van der Waals surface area (Å²) in [6, 6.07) is 10.8. The van der Waals surface area contributed by atoms with E-state index in [2.05, 4.69) is 5.32 Å². The summed E-state index contributed by atoms with van der Waals surface area (Å²) in [7, 11) is -3.73. The molecular weight excluding hydrogens is 434 g/mol. The number of carbonyl (C=O) groups excluding carboxylic acids is 1. The average molecular weight is 452 g/mol. The van der Waals surface area contributed by atoms with Crippen molar-refractivity contribution in [3.05, 3.63) is 58.0 Å². The average Bonchev–Trinajstić information content (AvgIpc) is 3.03. The molecule has 11 heteroatoms. The number of nitrogens with zero attached hydrogens (tertiary/aromatic N) is 2. The van der Waals surface area contributed by atoms with Crippen LogP contribution in [0.1, 0.15) is 0 Å². The van der Waals surface area contributed by atoms with Gasteiger partial charge in [-0.25, -0.2) is 13.2 Å². The van der Waals surface area contributed by atoms with E-state index in [1.165, 1.54) is 22.5 Å². The van der Waals surface area contributed by atoms with Crippen molar-refractivity contribution in [2.24, 2.45) is 0 Å². The van der Waals surface area contributed by atoms with Gasteiger partial charge in [-0.3, -0.25) is 9.36 Å². The Bertz CT molecular complexity index is 1260. The molecule has 1 aliphatic heterocycles. The highest BCUT2D eigenvalue weighted by atomic mass is 35.5. The van der Waals surface area contributed by atoms with E-state index in [1.807, 2.05) is 0 Å². The number of anilines is 1. The number of aromatic nitrogens is 1. The van der Waals surface area contributed by atoms with Crippen LogP contribution in [0.15, 0.2) is 56.6 Å². The number of carbonyl (C=O) groups is 1. The molecule has 4 rings (SSSR count). The second kappa shape index (κ2) is 8.23. The minimum Gasteiger partial charge on any atom is -0.408 e. The van der Waals surface area contributed by atoms with E-state index in [-0.39, 0.29) is 30.1 Å². The number of fused-ring (bicyclic) bond motifs is 1. The summed E-state index contributed by atoms with van der Waals surface area (Å²) in [6.45, 7) is 0.876. The van der Waals surface area contributed by atoms with Crippen LogP contribution in [-0.2, 0) is 26.1 Å². The molecule has 9 nitrogen and oxygen atoms in total. The lowest BCUT2D eigenvalue weighted by molar-refractivity contribution is -0.116. The van der Waals surface area contributed by atoms with Crippen molar-refractivity contribution < 1.29 is 22.4 Å². The quantitative estimate of drug-likeness (QED) is 0.634. The molecule has 1 aliphatic rings. The lowest BCUT2D eigenvalue weighted by atomic mass is 10.3. The summed E-state index contributed by atoms with van der Waals surface area (Å²) in [6.07, 6.45) is 0. The molecule has 1 N–H and O–H groups in total. The molecular formula is C19H18ClN3O6S. The van der Waals surface area contributed by atoms with Crippen LogP contribution in [0.5, 0.6) is 0 Å². The molecule has 0 radical (unpaired) electrons. The van der Waals surface area contributed by atoms with Gasteiger partial charge in [-0.15, -0.1) is 0 Å². The first-order valence-electron chi connectivity index (χ1n) is 9.11. The van der Waals surface area contributed by atoms with E-state index in [1.54, 1.807) is 24.3 Å². The monoisotopic (exact) mass is 451 g/mol. The third kappa shape index (κ3) is 4.12. The van der Waals surface area contributed by atoms with Gasteiger partial charge in [0, 0.05) is 29.9 Å². The van der Waals surface area contributed by atoms with Gasteiger partial charge in [0.25, 0.3) is 0 Å². The highest BCUT2D eigenvalue weighted by Crippen LogP contribution is 2.22. The number of benzene rings is 2. The summed E-state index contributed by atoms with van der Waals surface area (Å²) in [5, 5.41) is 3.12. The van der Waals surface area contributed by atoms with Crippen molar-refractivity contribution >= 4 is 44.3 Å². The Kier molecular flexibility index (Phi) is 5.65. The molecule has 0 aliphatic carbocycles. The Morgan fingerprint density at radius 1 is 1.13 bits per heavy atom. The van der Waals surface area contributed by atoms with E-state index >= 15 is 0 Å². The van der Waals surface area contributed by atoms with Crippen LogP contribution in [0.2, 0.25) is 5.02 Å². The van der Waals surface area contributed by atoms with Crippen molar-refractivity contribution in [3.8, 4) is 0 Å². The van der Waals surface area contributed by atoms with Gasteiger partial charge in [-0.1, -0.05) is 17.7 Å². The molecule has 2 heterocycles. The third-order valence-electron chi connectivity index (χ3n) is 4.66. The number of oxazole rings is 1. The van der Waals surface area contributed by atoms with Gasteiger partial charge in [0.05, 0.1) is 23.6 Å². The fourth-order valence-electron chi connectivity index (χ4n) is 3.20. The van der Waals surface area contributed by atoms with Gasteiger partial charge >= 0.3 is 5.76 Å². The van der Waals surface area contributed by atoms with Crippen LogP contribution in [0.3, 0.4) is 0 Å². The SMILES string of the molecule is O=C(Cn1c(=O)oc2cc(S(=O)(=O)N3CCOCC3)ccc21)Nc1cccc(Cl)c1. The van der Waals surface area contributed by atoms with E-state index in [4.69, 9.17) is 20.8 Å². The molecule has 0 unspecified atom stereocenters. The van der Waals surface area contributed by atoms with Crippen molar-refractivity contribution in [3.63, 3.8) is 0 Å². The van der Waals surface area contributed by atoms with Crippen molar-refractivity contribution in [2.75, 3.05) is 31.6 Å². The Balaban J connectivity index is 1.59. The summed E-state index contributed by atoms with van der Waals surface area (Å²) < 4.78 is 38.4. The number of sulfonamides is 1. The molecule has 1 fully saturated rings. The largest absolute Gasteiger partial charge is 0.420 e. The maximum absolute atomic E-state index is 12.8.